The largest absolute Gasteiger partial charge is 0.371 e. The smallest absolute Gasteiger partial charge is 0.0928 e. The average molecular weight is 229 g/mol. The van der Waals surface area contributed by atoms with E-state index in [1.165, 1.54) is 12.1 Å². The van der Waals surface area contributed by atoms with Gasteiger partial charge in [-0.1, -0.05) is 18.2 Å². The number of nitrogens with one attached hydrogen (secondary N) is 1. The minimum Gasteiger partial charge on any atom is -0.371 e. The molecule has 3 rings (SSSR count). The van der Waals surface area contributed by atoms with E-state index in [9.17, 15) is 0 Å². The van der Waals surface area contributed by atoms with Gasteiger partial charge in [0.15, 0.2) is 0 Å². The average Bonchev–Trinajstić information content (AvgIpc) is 2.21. The van der Waals surface area contributed by atoms with Crippen molar-refractivity contribution in [1.29, 1.82) is 5.41 Å². The standard InChI is InChI=1S/C14H19N3/c1-11(15)17-8-7-14(17)12-9-16(10-12)13-5-3-2-4-6-13/h2-6,12,14-15H,7-10H2,1H3. The second-order valence-electron chi connectivity index (χ2n) is 5.14. The van der Waals surface area contributed by atoms with Crippen LogP contribution in [0, 0.1) is 11.3 Å². The summed E-state index contributed by atoms with van der Waals surface area (Å²) in [6.07, 6.45) is 1.27. The highest BCUT2D eigenvalue weighted by molar-refractivity contribution is 5.77. The molecule has 3 nitrogen and oxygen atoms in total. The maximum Gasteiger partial charge on any atom is 0.0928 e. The van der Waals surface area contributed by atoms with E-state index in [4.69, 9.17) is 5.41 Å². The molecule has 2 aliphatic rings. The lowest BCUT2D eigenvalue weighted by molar-refractivity contribution is 0.101. The lowest BCUT2D eigenvalue weighted by Gasteiger charge is -2.53. The van der Waals surface area contributed by atoms with E-state index < -0.39 is 0 Å². The molecular formula is C14H19N3. The van der Waals surface area contributed by atoms with Gasteiger partial charge in [-0.05, 0) is 25.5 Å². The molecule has 0 spiro atoms. The summed E-state index contributed by atoms with van der Waals surface area (Å²) in [6, 6.07) is 11.2. The van der Waals surface area contributed by atoms with Crippen LogP contribution < -0.4 is 4.90 Å². The molecule has 17 heavy (non-hydrogen) atoms. The Morgan fingerprint density at radius 2 is 1.94 bits per heavy atom. The van der Waals surface area contributed by atoms with E-state index in [0.29, 0.717) is 6.04 Å². The normalized spacial score (nSPS) is 24.2. The SMILES string of the molecule is CC(=N)N1CCC1C1CN(c2ccccc2)C1. The third kappa shape index (κ3) is 1.79. The molecule has 2 saturated heterocycles. The first-order valence-electron chi connectivity index (χ1n) is 6.37. The van der Waals surface area contributed by atoms with Gasteiger partial charge < -0.3 is 9.80 Å². The van der Waals surface area contributed by atoms with Crippen LogP contribution in [0.15, 0.2) is 30.3 Å². The van der Waals surface area contributed by atoms with Crippen molar-refractivity contribution in [1.82, 2.24) is 4.90 Å². The lowest BCUT2D eigenvalue weighted by Crippen LogP contribution is -2.63. The number of amidine groups is 1. The van der Waals surface area contributed by atoms with Gasteiger partial charge in [0.2, 0.25) is 0 Å². The van der Waals surface area contributed by atoms with Gasteiger partial charge in [0.25, 0.3) is 0 Å². The van der Waals surface area contributed by atoms with Crippen LogP contribution in [0.2, 0.25) is 0 Å². The number of para-hydroxylation sites is 1. The van der Waals surface area contributed by atoms with Gasteiger partial charge in [0.1, 0.15) is 0 Å². The van der Waals surface area contributed by atoms with Gasteiger partial charge in [-0.25, -0.2) is 0 Å². The van der Waals surface area contributed by atoms with E-state index in [0.717, 1.165) is 31.4 Å². The highest BCUT2D eigenvalue weighted by Crippen LogP contribution is 2.33. The maximum absolute atomic E-state index is 7.70. The number of likely N-dealkylation sites (tertiary alicyclic amines) is 1. The molecule has 1 atom stereocenters. The Hall–Kier alpha value is -1.51. The third-order valence-electron chi connectivity index (χ3n) is 4.07. The van der Waals surface area contributed by atoms with Crippen molar-refractivity contribution >= 4 is 11.5 Å². The molecule has 1 unspecified atom stereocenters. The van der Waals surface area contributed by atoms with Crippen molar-refractivity contribution in [2.75, 3.05) is 24.5 Å². The molecule has 1 aromatic rings. The van der Waals surface area contributed by atoms with Crippen molar-refractivity contribution in [3.8, 4) is 0 Å². The van der Waals surface area contributed by atoms with Gasteiger partial charge >= 0.3 is 0 Å². The number of nitrogens with zero attached hydrogens (tertiary/aromatic N) is 2. The molecule has 3 heteroatoms. The molecule has 0 radical (unpaired) electrons. The Labute approximate surface area is 103 Å². The van der Waals surface area contributed by atoms with Crippen molar-refractivity contribution in [3.05, 3.63) is 30.3 Å². The van der Waals surface area contributed by atoms with E-state index >= 15 is 0 Å². The minimum absolute atomic E-state index is 0.632. The molecule has 0 amide bonds. The van der Waals surface area contributed by atoms with Crippen LogP contribution in [0.25, 0.3) is 0 Å². The summed E-state index contributed by atoms with van der Waals surface area (Å²) in [5, 5.41) is 7.70. The van der Waals surface area contributed by atoms with Gasteiger partial charge in [-0.15, -0.1) is 0 Å². The third-order valence-corrected chi connectivity index (χ3v) is 4.07. The summed E-state index contributed by atoms with van der Waals surface area (Å²) in [5.41, 5.74) is 1.33. The molecule has 2 aliphatic heterocycles. The predicted octanol–water partition coefficient (Wildman–Crippen LogP) is 2.19. The van der Waals surface area contributed by atoms with Crippen molar-refractivity contribution in [2.24, 2.45) is 5.92 Å². The first-order valence-corrected chi connectivity index (χ1v) is 6.37. The first-order chi connectivity index (χ1) is 8.25. The summed E-state index contributed by atoms with van der Waals surface area (Å²) in [7, 11) is 0. The number of anilines is 1. The second-order valence-corrected chi connectivity index (χ2v) is 5.14. The summed E-state index contributed by atoms with van der Waals surface area (Å²) in [5.74, 6) is 1.49. The van der Waals surface area contributed by atoms with Crippen LogP contribution in [0.3, 0.4) is 0 Å². The molecule has 0 saturated carbocycles. The zero-order valence-electron chi connectivity index (χ0n) is 10.3. The Morgan fingerprint density at radius 3 is 2.47 bits per heavy atom. The zero-order chi connectivity index (χ0) is 11.8. The minimum atomic E-state index is 0.632. The van der Waals surface area contributed by atoms with Crippen LogP contribution in [0.4, 0.5) is 5.69 Å². The van der Waals surface area contributed by atoms with Crippen molar-refractivity contribution in [2.45, 2.75) is 19.4 Å². The molecule has 1 aromatic carbocycles. The lowest BCUT2D eigenvalue weighted by atomic mass is 9.83. The van der Waals surface area contributed by atoms with E-state index in [2.05, 4.69) is 40.1 Å². The molecule has 2 fully saturated rings. The number of hydrogen-bond acceptors (Lipinski definition) is 2. The highest BCUT2D eigenvalue weighted by atomic mass is 15.3. The van der Waals surface area contributed by atoms with E-state index in [1.54, 1.807) is 0 Å². The molecule has 0 bridgehead atoms. The first kappa shape index (κ1) is 10.6. The van der Waals surface area contributed by atoms with Crippen LogP contribution in [-0.2, 0) is 0 Å². The number of rotatable bonds is 2. The van der Waals surface area contributed by atoms with Gasteiger partial charge in [-0.2, -0.15) is 0 Å². The topological polar surface area (TPSA) is 30.3 Å². The molecule has 2 heterocycles. The van der Waals surface area contributed by atoms with Crippen LogP contribution >= 0.6 is 0 Å². The van der Waals surface area contributed by atoms with Gasteiger partial charge in [-0.3, -0.25) is 5.41 Å². The maximum atomic E-state index is 7.70. The fourth-order valence-electron chi connectivity index (χ4n) is 2.92. The summed E-state index contributed by atoms with van der Waals surface area (Å²) in [6.45, 7) is 5.29. The second kappa shape index (κ2) is 4.06. The molecule has 90 valence electrons. The quantitative estimate of drug-likeness (QED) is 0.622. The van der Waals surface area contributed by atoms with Crippen molar-refractivity contribution in [3.63, 3.8) is 0 Å². The number of hydrogen-bond donors (Lipinski definition) is 1. The Kier molecular flexibility index (Phi) is 2.54. The van der Waals surface area contributed by atoms with Crippen LogP contribution in [-0.4, -0.2) is 36.4 Å². The van der Waals surface area contributed by atoms with E-state index in [1.807, 2.05) is 6.92 Å². The monoisotopic (exact) mass is 229 g/mol. The number of benzene rings is 1. The zero-order valence-corrected chi connectivity index (χ0v) is 10.3. The molecule has 0 aliphatic carbocycles. The Morgan fingerprint density at radius 1 is 1.24 bits per heavy atom. The predicted molar refractivity (Wildman–Crippen MR) is 70.7 cm³/mol. The molecule has 1 N–H and O–H groups in total. The van der Waals surface area contributed by atoms with Crippen LogP contribution in [0.1, 0.15) is 13.3 Å². The van der Waals surface area contributed by atoms with Crippen LogP contribution in [0.5, 0.6) is 0 Å². The molecule has 0 aromatic heterocycles. The Bertz CT molecular complexity index is 409. The summed E-state index contributed by atoms with van der Waals surface area (Å²) < 4.78 is 0. The molecular weight excluding hydrogens is 210 g/mol. The Balaban J connectivity index is 1.57. The fraction of sp³-hybridized carbons (Fsp3) is 0.500. The summed E-state index contributed by atoms with van der Waals surface area (Å²) >= 11 is 0. The highest BCUT2D eigenvalue weighted by Gasteiger charge is 2.41. The van der Waals surface area contributed by atoms with E-state index in [-0.39, 0.29) is 0 Å². The van der Waals surface area contributed by atoms with Gasteiger partial charge in [0.05, 0.1) is 5.84 Å². The van der Waals surface area contributed by atoms with Crippen molar-refractivity contribution < 1.29 is 0 Å². The van der Waals surface area contributed by atoms with Gasteiger partial charge in [0, 0.05) is 37.3 Å². The summed E-state index contributed by atoms with van der Waals surface area (Å²) in [4.78, 5) is 4.67. The fourth-order valence-corrected chi connectivity index (χ4v) is 2.92.